The van der Waals surface area contributed by atoms with Gasteiger partial charge in [-0.15, -0.1) is 0 Å². The molecule has 12 heavy (non-hydrogen) atoms. The molecule has 1 unspecified atom stereocenters. The molecule has 1 atom stereocenters. The van der Waals surface area contributed by atoms with Gasteiger partial charge in [0.1, 0.15) is 0 Å². The fourth-order valence-corrected chi connectivity index (χ4v) is 1.27. The van der Waals surface area contributed by atoms with Crippen LogP contribution in [0.2, 0.25) is 0 Å². The van der Waals surface area contributed by atoms with Crippen molar-refractivity contribution in [2.75, 3.05) is 26.7 Å². The lowest BCUT2D eigenvalue weighted by Crippen LogP contribution is -2.38. The zero-order valence-electron chi connectivity index (χ0n) is 8.21. The molecule has 1 fully saturated rings. The van der Waals surface area contributed by atoms with Gasteiger partial charge in [-0.2, -0.15) is 0 Å². The first-order chi connectivity index (χ1) is 5.74. The maximum atomic E-state index is 5.48. The first-order valence-corrected chi connectivity index (χ1v) is 4.87. The molecule has 0 aliphatic heterocycles. The van der Waals surface area contributed by atoms with E-state index in [4.69, 9.17) is 5.73 Å². The quantitative estimate of drug-likeness (QED) is 0.592. The van der Waals surface area contributed by atoms with Gasteiger partial charge >= 0.3 is 0 Å². The Morgan fingerprint density at radius 3 is 2.75 bits per heavy atom. The van der Waals surface area contributed by atoms with Crippen molar-refractivity contribution in [3.05, 3.63) is 0 Å². The third-order valence-electron chi connectivity index (χ3n) is 2.48. The van der Waals surface area contributed by atoms with E-state index in [1.54, 1.807) is 0 Å². The van der Waals surface area contributed by atoms with E-state index < -0.39 is 0 Å². The second-order valence-electron chi connectivity index (χ2n) is 3.80. The molecule has 0 aromatic heterocycles. The number of hydrogen-bond acceptors (Lipinski definition) is 3. The van der Waals surface area contributed by atoms with Crippen molar-refractivity contribution >= 4 is 0 Å². The number of nitrogens with one attached hydrogen (secondary N) is 1. The van der Waals surface area contributed by atoms with Gasteiger partial charge in [-0.05, 0) is 26.8 Å². The third-order valence-corrected chi connectivity index (χ3v) is 2.48. The molecule has 0 saturated heterocycles. The monoisotopic (exact) mass is 171 g/mol. The van der Waals surface area contributed by atoms with Crippen LogP contribution in [0.4, 0.5) is 0 Å². The Morgan fingerprint density at radius 2 is 2.25 bits per heavy atom. The average Bonchev–Trinajstić information content (AvgIpc) is 2.86. The van der Waals surface area contributed by atoms with E-state index in [1.807, 2.05) is 0 Å². The van der Waals surface area contributed by atoms with E-state index >= 15 is 0 Å². The summed E-state index contributed by atoms with van der Waals surface area (Å²) in [4.78, 5) is 2.43. The summed E-state index contributed by atoms with van der Waals surface area (Å²) in [6.07, 6.45) is 2.78. The van der Waals surface area contributed by atoms with Crippen molar-refractivity contribution in [2.24, 2.45) is 5.73 Å². The van der Waals surface area contributed by atoms with E-state index in [0.29, 0.717) is 6.04 Å². The highest BCUT2D eigenvalue weighted by Crippen LogP contribution is 2.24. The number of rotatable bonds is 6. The van der Waals surface area contributed by atoms with Crippen LogP contribution in [0.1, 0.15) is 19.8 Å². The van der Waals surface area contributed by atoms with E-state index in [-0.39, 0.29) is 0 Å². The van der Waals surface area contributed by atoms with Crippen LogP contribution in [0.25, 0.3) is 0 Å². The van der Waals surface area contributed by atoms with E-state index in [2.05, 4.69) is 24.2 Å². The number of likely N-dealkylation sites (N-methyl/N-ethyl adjacent to an activating group) is 1. The van der Waals surface area contributed by atoms with Crippen LogP contribution in [-0.2, 0) is 0 Å². The minimum atomic E-state index is 0.456. The van der Waals surface area contributed by atoms with Crippen LogP contribution in [0.3, 0.4) is 0 Å². The van der Waals surface area contributed by atoms with Crippen LogP contribution in [0, 0.1) is 0 Å². The second-order valence-corrected chi connectivity index (χ2v) is 3.80. The van der Waals surface area contributed by atoms with Crippen molar-refractivity contribution in [1.29, 1.82) is 0 Å². The summed E-state index contributed by atoms with van der Waals surface area (Å²) in [5, 5.41) is 3.38. The minimum Gasteiger partial charge on any atom is -0.329 e. The van der Waals surface area contributed by atoms with Crippen molar-refractivity contribution in [3.8, 4) is 0 Å². The standard InChI is InChI=1S/C9H21N3/c1-8(7-10)11-5-6-12(2)9-3-4-9/h8-9,11H,3-7,10H2,1-2H3. The molecule has 1 aliphatic rings. The van der Waals surface area contributed by atoms with Gasteiger partial charge in [0.25, 0.3) is 0 Å². The molecule has 0 aromatic carbocycles. The topological polar surface area (TPSA) is 41.3 Å². The molecule has 0 amide bonds. The summed E-state index contributed by atoms with van der Waals surface area (Å²) in [5.41, 5.74) is 5.48. The molecule has 1 saturated carbocycles. The summed E-state index contributed by atoms with van der Waals surface area (Å²) >= 11 is 0. The van der Waals surface area contributed by atoms with Crippen LogP contribution in [0.5, 0.6) is 0 Å². The van der Waals surface area contributed by atoms with Gasteiger partial charge < -0.3 is 16.0 Å². The normalized spacial score (nSPS) is 20.0. The Labute approximate surface area is 75.3 Å². The van der Waals surface area contributed by atoms with E-state index in [0.717, 1.165) is 25.7 Å². The molecule has 0 bridgehead atoms. The molecule has 0 radical (unpaired) electrons. The number of nitrogens with zero attached hydrogens (tertiary/aromatic N) is 1. The predicted molar refractivity (Wildman–Crippen MR) is 52.2 cm³/mol. The Morgan fingerprint density at radius 1 is 1.58 bits per heavy atom. The van der Waals surface area contributed by atoms with Gasteiger partial charge in [0.2, 0.25) is 0 Å². The highest BCUT2D eigenvalue weighted by atomic mass is 15.2. The molecule has 0 spiro atoms. The molecule has 3 heteroatoms. The molecule has 3 nitrogen and oxygen atoms in total. The highest BCUT2D eigenvalue weighted by molar-refractivity contribution is 4.82. The Bertz CT molecular complexity index is 123. The largest absolute Gasteiger partial charge is 0.329 e. The summed E-state index contributed by atoms with van der Waals surface area (Å²) < 4.78 is 0. The first-order valence-electron chi connectivity index (χ1n) is 4.87. The molecule has 1 aliphatic carbocycles. The van der Waals surface area contributed by atoms with E-state index in [9.17, 15) is 0 Å². The number of nitrogens with two attached hydrogens (primary N) is 1. The fourth-order valence-electron chi connectivity index (χ4n) is 1.27. The zero-order chi connectivity index (χ0) is 8.97. The molecule has 72 valence electrons. The maximum absolute atomic E-state index is 5.48. The van der Waals surface area contributed by atoms with Crippen LogP contribution >= 0.6 is 0 Å². The van der Waals surface area contributed by atoms with Gasteiger partial charge in [-0.1, -0.05) is 0 Å². The van der Waals surface area contributed by atoms with E-state index in [1.165, 1.54) is 12.8 Å². The van der Waals surface area contributed by atoms with Gasteiger partial charge in [0, 0.05) is 31.7 Å². The van der Waals surface area contributed by atoms with Crippen molar-refractivity contribution in [3.63, 3.8) is 0 Å². The smallest absolute Gasteiger partial charge is 0.0162 e. The average molecular weight is 171 g/mol. The lowest BCUT2D eigenvalue weighted by Gasteiger charge is -2.17. The first kappa shape index (κ1) is 9.96. The highest BCUT2D eigenvalue weighted by Gasteiger charge is 2.25. The van der Waals surface area contributed by atoms with Crippen LogP contribution in [0.15, 0.2) is 0 Å². The lowest BCUT2D eigenvalue weighted by atomic mass is 10.3. The van der Waals surface area contributed by atoms with Gasteiger partial charge in [-0.3, -0.25) is 0 Å². The Hall–Kier alpha value is -0.120. The Balaban J connectivity index is 1.93. The third kappa shape index (κ3) is 3.52. The summed E-state index contributed by atoms with van der Waals surface area (Å²) in [5.74, 6) is 0. The van der Waals surface area contributed by atoms with Crippen molar-refractivity contribution < 1.29 is 0 Å². The van der Waals surface area contributed by atoms with Crippen molar-refractivity contribution in [1.82, 2.24) is 10.2 Å². The summed E-state index contributed by atoms with van der Waals surface area (Å²) in [6.45, 7) is 5.06. The van der Waals surface area contributed by atoms with Crippen molar-refractivity contribution in [2.45, 2.75) is 31.8 Å². The molecular weight excluding hydrogens is 150 g/mol. The van der Waals surface area contributed by atoms with Crippen LogP contribution in [-0.4, -0.2) is 43.7 Å². The Kier molecular flexibility index (Phi) is 3.98. The van der Waals surface area contributed by atoms with Gasteiger partial charge in [0.05, 0.1) is 0 Å². The fraction of sp³-hybridized carbons (Fsp3) is 1.00. The van der Waals surface area contributed by atoms with Crippen LogP contribution < -0.4 is 11.1 Å². The zero-order valence-corrected chi connectivity index (χ0v) is 8.21. The second kappa shape index (κ2) is 4.80. The molecule has 3 N–H and O–H groups in total. The summed E-state index contributed by atoms with van der Waals surface area (Å²) in [6, 6.07) is 1.33. The minimum absolute atomic E-state index is 0.456. The maximum Gasteiger partial charge on any atom is 0.0162 e. The summed E-state index contributed by atoms with van der Waals surface area (Å²) in [7, 11) is 2.20. The molecule has 1 rings (SSSR count). The molecule has 0 aromatic rings. The SMILES string of the molecule is CC(CN)NCCN(C)C1CC1. The van der Waals surface area contributed by atoms with Gasteiger partial charge in [0.15, 0.2) is 0 Å². The molecule has 0 heterocycles. The number of hydrogen-bond donors (Lipinski definition) is 2. The molecular formula is C9H21N3. The lowest BCUT2D eigenvalue weighted by molar-refractivity contribution is 0.316. The van der Waals surface area contributed by atoms with Gasteiger partial charge in [-0.25, -0.2) is 0 Å². The predicted octanol–water partition coefficient (Wildman–Crippen LogP) is 0.0174.